The molecule has 0 rings (SSSR count). The van der Waals surface area contributed by atoms with Crippen LogP contribution in [0.25, 0.3) is 0 Å². The molecule has 25 heavy (non-hydrogen) atoms. The summed E-state index contributed by atoms with van der Waals surface area (Å²) in [4.78, 5) is 11.6. The van der Waals surface area contributed by atoms with Gasteiger partial charge in [-0.3, -0.25) is 4.79 Å². The van der Waals surface area contributed by atoms with Crippen LogP contribution in [-0.2, 0) is 23.7 Å². The highest BCUT2D eigenvalue weighted by Crippen LogP contribution is 2.16. The molecule has 0 saturated carbocycles. The minimum absolute atomic E-state index is 0.0119. The van der Waals surface area contributed by atoms with E-state index < -0.39 is 5.60 Å². The standard InChI is InChI=1S/C19H36O6/c1-15(13-20)18(24-14-22-5)16(23-6)11-9-7-8-10-12-17(21)25-19(2,3)4/h9,11,15-16,18,20H,7-8,10,12-14H2,1-6H3/b11-9+/t15-,16+,18+/m1/s1. The number of aliphatic hydroxyl groups is 1. The average molecular weight is 360 g/mol. The third-order valence-electron chi connectivity index (χ3n) is 3.57. The summed E-state index contributed by atoms with van der Waals surface area (Å²) in [6, 6.07) is 0. The number of hydrogen-bond donors (Lipinski definition) is 1. The first kappa shape index (κ1) is 24.1. The average Bonchev–Trinajstić information content (AvgIpc) is 2.53. The Labute approximate surface area is 152 Å². The van der Waals surface area contributed by atoms with Gasteiger partial charge in [-0.15, -0.1) is 0 Å². The van der Waals surface area contributed by atoms with Crippen molar-refractivity contribution < 1.29 is 28.8 Å². The number of ether oxygens (including phenoxy) is 4. The van der Waals surface area contributed by atoms with Gasteiger partial charge in [0.2, 0.25) is 0 Å². The quantitative estimate of drug-likeness (QED) is 0.235. The third kappa shape index (κ3) is 12.1. The van der Waals surface area contributed by atoms with Crippen LogP contribution in [0.1, 0.15) is 53.4 Å². The van der Waals surface area contributed by atoms with Crippen molar-refractivity contribution in [2.45, 2.75) is 71.2 Å². The van der Waals surface area contributed by atoms with Gasteiger partial charge in [-0.25, -0.2) is 0 Å². The van der Waals surface area contributed by atoms with Gasteiger partial charge in [-0.1, -0.05) is 19.1 Å². The van der Waals surface area contributed by atoms with E-state index in [9.17, 15) is 9.90 Å². The molecule has 0 aliphatic heterocycles. The van der Waals surface area contributed by atoms with Gasteiger partial charge < -0.3 is 24.1 Å². The normalized spacial score (nSPS) is 16.0. The lowest BCUT2D eigenvalue weighted by Crippen LogP contribution is -2.37. The summed E-state index contributed by atoms with van der Waals surface area (Å²) in [5.74, 6) is -0.229. The van der Waals surface area contributed by atoms with E-state index in [2.05, 4.69) is 0 Å². The molecule has 0 bridgehead atoms. The molecule has 3 atom stereocenters. The molecule has 0 amide bonds. The summed E-state index contributed by atoms with van der Waals surface area (Å²) < 4.78 is 21.3. The monoisotopic (exact) mass is 360 g/mol. The largest absolute Gasteiger partial charge is 0.460 e. The lowest BCUT2D eigenvalue weighted by molar-refractivity contribution is -0.154. The molecular weight excluding hydrogens is 324 g/mol. The molecule has 0 aromatic heterocycles. The molecule has 0 spiro atoms. The van der Waals surface area contributed by atoms with E-state index >= 15 is 0 Å². The molecule has 6 nitrogen and oxygen atoms in total. The zero-order valence-corrected chi connectivity index (χ0v) is 16.6. The van der Waals surface area contributed by atoms with Gasteiger partial charge >= 0.3 is 5.97 Å². The minimum Gasteiger partial charge on any atom is -0.460 e. The second kappa shape index (κ2) is 13.3. The summed E-state index contributed by atoms with van der Waals surface area (Å²) in [5.41, 5.74) is -0.427. The smallest absolute Gasteiger partial charge is 0.306 e. The molecule has 0 unspecified atom stereocenters. The van der Waals surface area contributed by atoms with Crippen LogP contribution in [0, 0.1) is 5.92 Å². The second-order valence-corrected chi connectivity index (χ2v) is 7.16. The maximum absolute atomic E-state index is 11.6. The summed E-state index contributed by atoms with van der Waals surface area (Å²) >= 11 is 0. The maximum Gasteiger partial charge on any atom is 0.306 e. The zero-order chi connectivity index (χ0) is 19.3. The summed E-state index contributed by atoms with van der Waals surface area (Å²) in [5, 5.41) is 9.38. The number of allylic oxidation sites excluding steroid dienone is 1. The van der Waals surface area contributed by atoms with Crippen molar-refractivity contribution in [3.05, 3.63) is 12.2 Å². The summed E-state index contributed by atoms with van der Waals surface area (Å²) in [7, 11) is 3.17. The molecule has 0 aromatic carbocycles. The molecule has 148 valence electrons. The fraction of sp³-hybridized carbons (Fsp3) is 0.842. The number of aliphatic hydroxyl groups excluding tert-OH is 1. The molecule has 6 heteroatoms. The van der Waals surface area contributed by atoms with Crippen LogP contribution in [0.4, 0.5) is 0 Å². The Bertz CT molecular complexity index is 375. The van der Waals surface area contributed by atoms with Crippen LogP contribution in [0.2, 0.25) is 0 Å². The first-order valence-electron chi connectivity index (χ1n) is 8.87. The van der Waals surface area contributed by atoms with Crippen molar-refractivity contribution in [2.24, 2.45) is 5.92 Å². The van der Waals surface area contributed by atoms with E-state index in [0.29, 0.717) is 6.42 Å². The first-order chi connectivity index (χ1) is 11.7. The van der Waals surface area contributed by atoms with Gasteiger partial charge in [0, 0.05) is 33.2 Å². The summed E-state index contributed by atoms with van der Waals surface area (Å²) in [6.07, 6.45) is 6.37. The third-order valence-corrected chi connectivity index (χ3v) is 3.57. The molecule has 0 aliphatic carbocycles. The Balaban J connectivity index is 4.26. The van der Waals surface area contributed by atoms with Crippen LogP contribution < -0.4 is 0 Å². The fourth-order valence-corrected chi connectivity index (χ4v) is 2.31. The van der Waals surface area contributed by atoms with Gasteiger partial charge in [0.15, 0.2) is 0 Å². The number of rotatable bonds is 13. The van der Waals surface area contributed by atoms with Crippen molar-refractivity contribution in [1.29, 1.82) is 0 Å². The number of unbranched alkanes of at least 4 members (excludes halogenated alkanes) is 2. The first-order valence-corrected chi connectivity index (χ1v) is 8.87. The van der Waals surface area contributed by atoms with Crippen molar-refractivity contribution in [3.8, 4) is 0 Å². The van der Waals surface area contributed by atoms with E-state index in [1.54, 1.807) is 14.2 Å². The topological polar surface area (TPSA) is 74.2 Å². The predicted octanol–water partition coefficient (Wildman–Crippen LogP) is 3.08. The zero-order valence-electron chi connectivity index (χ0n) is 16.6. The highest BCUT2D eigenvalue weighted by atomic mass is 16.7. The molecule has 0 aromatic rings. The SMILES string of the molecule is COCO[C@@H]([C@H](C)CO)[C@H](/C=C/CCCCC(=O)OC(C)(C)C)OC. The van der Waals surface area contributed by atoms with Crippen molar-refractivity contribution >= 4 is 5.97 Å². The Kier molecular flexibility index (Phi) is 12.8. The van der Waals surface area contributed by atoms with Gasteiger partial charge in [-0.05, 0) is 40.0 Å². The Morgan fingerprint density at radius 3 is 2.40 bits per heavy atom. The molecule has 1 N–H and O–H groups in total. The molecule has 0 aliphatic rings. The van der Waals surface area contributed by atoms with Crippen LogP contribution in [0.5, 0.6) is 0 Å². The number of carbonyl (C=O) groups is 1. The minimum atomic E-state index is -0.427. The maximum atomic E-state index is 11.6. The fourth-order valence-electron chi connectivity index (χ4n) is 2.31. The van der Waals surface area contributed by atoms with E-state index in [1.807, 2.05) is 39.8 Å². The van der Waals surface area contributed by atoms with Gasteiger partial charge in [0.1, 0.15) is 18.5 Å². The van der Waals surface area contributed by atoms with E-state index in [4.69, 9.17) is 18.9 Å². The molecule has 0 saturated heterocycles. The Hall–Kier alpha value is -0.950. The van der Waals surface area contributed by atoms with Gasteiger partial charge in [0.05, 0.1) is 6.10 Å². The van der Waals surface area contributed by atoms with Crippen molar-refractivity contribution in [3.63, 3.8) is 0 Å². The highest BCUT2D eigenvalue weighted by Gasteiger charge is 2.25. The molecule has 0 radical (unpaired) electrons. The second-order valence-electron chi connectivity index (χ2n) is 7.16. The highest BCUT2D eigenvalue weighted by molar-refractivity contribution is 5.69. The number of methoxy groups -OCH3 is 2. The lowest BCUT2D eigenvalue weighted by atomic mass is 9.99. The summed E-state index contributed by atoms with van der Waals surface area (Å²) in [6.45, 7) is 7.67. The van der Waals surface area contributed by atoms with Gasteiger partial charge in [0.25, 0.3) is 0 Å². The van der Waals surface area contributed by atoms with Crippen molar-refractivity contribution in [2.75, 3.05) is 27.6 Å². The number of esters is 1. The van der Waals surface area contributed by atoms with Crippen LogP contribution in [0.15, 0.2) is 12.2 Å². The number of carbonyl (C=O) groups excluding carboxylic acids is 1. The van der Waals surface area contributed by atoms with Crippen LogP contribution >= 0.6 is 0 Å². The van der Waals surface area contributed by atoms with Gasteiger partial charge in [-0.2, -0.15) is 0 Å². The molecular formula is C19H36O6. The van der Waals surface area contributed by atoms with E-state index in [0.717, 1.165) is 19.3 Å². The Morgan fingerprint density at radius 2 is 1.88 bits per heavy atom. The molecule has 0 heterocycles. The lowest BCUT2D eigenvalue weighted by Gasteiger charge is -2.28. The van der Waals surface area contributed by atoms with E-state index in [1.165, 1.54) is 0 Å². The number of hydrogen-bond acceptors (Lipinski definition) is 6. The Morgan fingerprint density at radius 1 is 1.20 bits per heavy atom. The van der Waals surface area contributed by atoms with Crippen LogP contribution in [0.3, 0.4) is 0 Å². The van der Waals surface area contributed by atoms with Crippen LogP contribution in [-0.4, -0.2) is 56.5 Å². The van der Waals surface area contributed by atoms with Crippen molar-refractivity contribution in [1.82, 2.24) is 0 Å². The molecule has 0 fully saturated rings. The van der Waals surface area contributed by atoms with E-state index in [-0.39, 0.29) is 37.5 Å². The predicted molar refractivity (Wildman–Crippen MR) is 97.2 cm³/mol.